The van der Waals surface area contributed by atoms with E-state index in [9.17, 15) is 0 Å². The molecule has 0 amide bonds. The lowest BCUT2D eigenvalue weighted by molar-refractivity contribution is 0.198. The van der Waals surface area contributed by atoms with E-state index in [0.717, 1.165) is 24.2 Å². The number of anilines is 4. The molecule has 6 nitrogen and oxygen atoms in total. The number of aryl methyl sites for hydroxylation is 1. The van der Waals surface area contributed by atoms with Gasteiger partial charge in [0.1, 0.15) is 12.0 Å². The number of nitrogens with zero attached hydrogens (tertiary/aromatic N) is 2. The minimum Gasteiger partial charge on any atom is -0.393 e. The quantitative estimate of drug-likeness (QED) is 0.679. The maximum Gasteiger partial charge on any atom is 0.159 e. The standard InChI is InChI=1S/C15H20ClN5O/c1-10-4-5-11(16)8-12(10)21-15-13(17)14(19-9-20-15)18-6-3-7-22-2/h4-5,8-9H,3,6-7,17H2,1-2H3,(H2,18,19,20,21). The van der Waals surface area contributed by atoms with Gasteiger partial charge in [-0.25, -0.2) is 9.97 Å². The van der Waals surface area contributed by atoms with Gasteiger partial charge >= 0.3 is 0 Å². The van der Waals surface area contributed by atoms with Crippen molar-refractivity contribution in [1.82, 2.24) is 9.97 Å². The zero-order valence-corrected chi connectivity index (χ0v) is 13.4. The third-order valence-corrected chi connectivity index (χ3v) is 3.39. The number of nitrogens with two attached hydrogens (primary N) is 1. The van der Waals surface area contributed by atoms with Crippen LogP contribution in [0.15, 0.2) is 24.5 Å². The van der Waals surface area contributed by atoms with E-state index in [-0.39, 0.29) is 0 Å². The Morgan fingerprint density at radius 1 is 1.27 bits per heavy atom. The van der Waals surface area contributed by atoms with Gasteiger partial charge in [-0.2, -0.15) is 0 Å². The molecule has 0 fully saturated rings. The number of methoxy groups -OCH3 is 1. The van der Waals surface area contributed by atoms with Crippen LogP contribution in [0.2, 0.25) is 5.02 Å². The van der Waals surface area contributed by atoms with Crippen LogP contribution in [0.1, 0.15) is 12.0 Å². The normalized spacial score (nSPS) is 10.5. The van der Waals surface area contributed by atoms with Crippen molar-refractivity contribution < 1.29 is 4.74 Å². The molecule has 1 aromatic heterocycles. The average Bonchev–Trinajstić information content (AvgIpc) is 2.50. The van der Waals surface area contributed by atoms with Crippen molar-refractivity contribution in [2.45, 2.75) is 13.3 Å². The van der Waals surface area contributed by atoms with Crippen LogP contribution in [-0.4, -0.2) is 30.2 Å². The van der Waals surface area contributed by atoms with Crippen molar-refractivity contribution in [2.24, 2.45) is 0 Å². The Morgan fingerprint density at radius 2 is 2.05 bits per heavy atom. The third-order valence-electron chi connectivity index (χ3n) is 3.15. The molecule has 0 saturated carbocycles. The number of nitrogens with one attached hydrogen (secondary N) is 2. The fraction of sp³-hybridized carbons (Fsp3) is 0.333. The second-order valence-electron chi connectivity index (χ2n) is 4.84. The zero-order chi connectivity index (χ0) is 15.9. The van der Waals surface area contributed by atoms with Gasteiger partial charge in [-0.1, -0.05) is 17.7 Å². The van der Waals surface area contributed by atoms with E-state index < -0.39 is 0 Å². The summed E-state index contributed by atoms with van der Waals surface area (Å²) in [5.74, 6) is 1.16. The molecule has 118 valence electrons. The molecule has 1 aromatic carbocycles. The molecule has 0 spiro atoms. The molecular formula is C15H20ClN5O. The van der Waals surface area contributed by atoms with Gasteiger partial charge in [0, 0.05) is 31.0 Å². The Hall–Kier alpha value is -2.05. The first kappa shape index (κ1) is 16.3. The van der Waals surface area contributed by atoms with Gasteiger partial charge in [-0.3, -0.25) is 0 Å². The number of rotatable bonds is 7. The number of hydrogen-bond acceptors (Lipinski definition) is 6. The Kier molecular flexibility index (Phi) is 5.80. The molecule has 0 radical (unpaired) electrons. The lowest BCUT2D eigenvalue weighted by atomic mass is 10.2. The number of nitrogen functional groups attached to an aromatic ring is 1. The van der Waals surface area contributed by atoms with E-state index in [1.54, 1.807) is 7.11 Å². The van der Waals surface area contributed by atoms with Crippen LogP contribution in [0, 0.1) is 6.92 Å². The molecule has 0 aliphatic rings. The smallest absolute Gasteiger partial charge is 0.159 e. The maximum absolute atomic E-state index is 6.12. The first-order valence-corrected chi connectivity index (χ1v) is 7.36. The predicted octanol–water partition coefficient (Wildman–Crippen LogP) is 3.21. The van der Waals surface area contributed by atoms with Gasteiger partial charge in [0.2, 0.25) is 0 Å². The average molecular weight is 322 g/mol. The van der Waals surface area contributed by atoms with Crippen LogP contribution < -0.4 is 16.4 Å². The van der Waals surface area contributed by atoms with E-state index in [4.69, 9.17) is 22.1 Å². The number of aromatic nitrogens is 2. The molecule has 0 atom stereocenters. The summed E-state index contributed by atoms with van der Waals surface area (Å²) in [7, 11) is 1.67. The number of hydrogen-bond donors (Lipinski definition) is 3. The Labute approximate surface area is 135 Å². The molecular weight excluding hydrogens is 302 g/mol. The molecule has 22 heavy (non-hydrogen) atoms. The first-order valence-electron chi connectivity index (χ1n) is 6.98. The fourth-order valence-electron chi connectivity index (χ4n) is 1.92. The predicted molar refractivity (Wildman–Crippen MR) is 90.9 cm³/mol. The largest absolute Gasteiger partial charge is 0.393 e. The van der Waals surface area contributed by atoms with Crippen LogP contribution in [0.25, 0.3) is 0 Å². The second-order valence-corrected chi connectivity index (χ2v) is 5.28. The second kappa shape index (κ2) is 7.82. The summed E-state index contributed by atoms with van der Waals surface area (Å²) < 4.78 is 5.01. The Bertz CT molecular complexity index is 635. The summed E-state index contributed by atoms with van der Waals surface area (Å²) in [6, 6.07) is 5.62. The number of benzene rings is 1. The summed E-state index contributed by atoms with van der Waals surface area (Å²) in [4.78, 5) is 8.36. The SMILES string of the molecule is COCCCNc1ncnc(Nc2cc(Cl)ccc2C)c1N. The first-order chi connectivity index (χ1) is 10.6. The highest BCUT2D eigenvalue weighted by Crippen LogP contribution is 2.28. The summed E-state index contributed by atoms with van der Waals surface area (Å²) in [5.41, 5.74) is 8.51. The molecule has 0 aliphatic heterocycles. The van der Waals surface area contributed by atoms with E-state index in [2.05, 4.69) is 20.6 Å². The highest BCUT2D eigenvalue weighted by Gasteiger charge is 2.09. The monoisotopic (exact) mass is 321 g/mol. The van der Waals surface area contributed by atoms with Crippen molar-refractivity contribution in [3.8, 4) is 0 Å². The van der Waals surface area contributed by atoms with Crippen molar-refractivity contribution in [1.29, 1.82) is 0 Å². The van der Waals surface area contributed by atoms with Gasteiger partial charge in [0.05, 0.1) is 0 Å². The maximum atomic E-state index is 6.12. The minimum absolute atomic E-state index is 0.472. The van der Waals surface area contributed by atoms with Crippen LogP contribution in [-0.2, 0) is 4.74 Å². The van der Waals surface area contributed by atoms with Crippen molar-refractivity contribution in [3.63, 3.8) is 0 Å². The fourth-order valence-corrected chi connectivity index (χ4v) is 2.09. The van der Waals surface area contributed by atoms with E-state index in [1.165, 1.54) is 6.33 Å². The minimum atomic E-state index is 0.472. The molecule has 0 bridgehead atoms. The molecule has 2 aromatic rings. The molecule has 7 heteroatoms. The number of halogens is 1. The van der Waals surface area contributed by atoms with Crippen LogP contribution >= 0.6 is 11.6 Å². The molecule has 0 saturated heterocycles. The van der Waals surface area contributed by atoms with Crippen LogP contribution in [0.4, 0.5) is 23.0 Å². The van der Waals surface area contributed by atoms with Crippen molar-refractivity contribution in [2.75, 3.05) is 36.6 Å². The molecule has 0 aliphatic carbocycles. The van der Waals surface area contributed by atoms with Crippen LogP contribution in [0.3, 0.4) is 0 Å². The number of ether oxygens (including phenoxy) is 1. The third kappa shape index (κ3) is 4.22. The van der Waals surface area contributed by atoms with E-state index in [0.29, 0.717) is 29.0 Å². The highest BCUT2D eigenvalue weighted by atomic mass is 35.5. The van der Waals surface area contributed by atoms with Gasteiger partial charge in [-0.05, 0) is 31.0 Å². The Balaban J connectivity index is 2.13. The lowest BCUT2D eigenvalue weighted by Crippen LogP contribution is -2.10. The molecule has 2 rings (SSSR count). The zero-order valence-electron chi connectivity index (χ0n) is 12.7. The van der Waals surface area contributed by atoms with Gasteiger partial charge in [0.25, 0.3) is 0 Å². The molecule has 4 N–H and O–H groups in total. The van der Waals surface area contributed by atoms with E-state index in [1.807, 2.05) is 25.1 Å². The van der Waals surface area contributed by atoms with Crippen LogP contribution in [0.5, 0.6) is 0 Å². The van der Waals surface area contributed by atoms with Gasteiger partial charge in [0.15, 0.2) is 11.6 Å². The summed E-state index contributed by atoms with van der Waals surface area (Å²) in [6.45, 7) is 3.40. The van der Waals surface area contributed by atoms with Gasteiger partial charge < -0.3 is 21.1 Å². The molecule has 1 heterocycles. The van der Waals surface area contributed by atoms with E-state index >= 15 is 0 Å². The summed E-state index contributed by atoms with van der Waals surface area (Å²) in [5, 5.41) is 7.03. The summed E-state index contributed by atoms with van der Waals surface area (Å²) in [6.07, 6.45) is 2.34. The lowest BCUT2D eigenvalue weighted by Gasteiger charge is -2.14. The topological polar surface area (TPSA) is 85.1 Å². The van der Waals surface area contributed by atoms with Crippen molar-refractivity contribution in [3.05, 3.63) is 35.1 Å². The highest BCUT2D eigenvalue weighted by molar-refractivity contribution is 6.30. The van der Waals surface area contributed by atoms with Gasteiger partial charge in [-0.15, -0.1) is 0 Å². The Morgan fingerprint density at radius 3 is 2.82 bits per heavy atom. The van der Waals surface area contributed by atoms with Crippen molar-refractivity contribution >= 4 is 34.6 Å². The summed E-state index contributed by atoms with van der Waals surface area (Å²) >= 11 is 6.02. The molecule has 0 unspecified atom stereocenters.